The van der Waals surface area contributed by atoms with Gasteiger partial charge >= 0.3 is 147 Å². The van der Waals surface area contributed by atoms with Crippen LogP contribution in [0.25, 0.3) is 0 Å². The number of benzene rings is 1. The summed E-state index contributed by atoms with van der Waals surface area (Å²) >= 11 is -0.392. The van der Waals surface area contributed by atoms with Crippen molar-refractivity contribution in [2.24, 2.45) is 14.4 Å². The van der Waals surface area contributed by atoms with Gasteiger partial charge in [-0.1, -0.05) is 0 Å². The molecule has 0 bridgehead atoms. The molecule has 0 fully saturated rings. The Morgan fingerprint density at radius 1 is 0.783 bits per heavy atom. The van der Waals surface area contributed by atoms with Crippen molar-refractivity contribution in [1.82, 2.24) is 0 Å². The molecule has 23 heavy (non-hydrogen) atoms. The van der Waals surface area contributed by atoms with Gasteiger partial charge in [-0.3, -0.25) is 0 Å². The van der Waals surface area contributed by atoms with Gasteiger partial charge in [0.25, 0.3) is 0 Å². The van der Waals surface area contributed by atoms with Crippen molar-refractivity contribution in [2.75, 3.05) is 3.93 Å². The third kappa shape index (κ3) is 3.91. The summed E-state index contributed by atoms with van der Waals surface area (Å²) in [5, 5.41) is 8.16. The van der Waals surface area contributed by atoms with Gasteiger partial charge in [-0.2, -0.15) is 0 Å². The molecule has 0 unspecified atom stereocenters. The average Bonchev–Trinajstić information content (AvgIpc) is 2.87. The number of hydrogen-bond donors (Lipinski definition) is 0. The van der Waals surface area contributed by atoms with E-state index in [2.05, 4.69) is 88.9 Å². The van der Waals surface area contributed by atoms with E-state index in [-0.39, 0.29) is 16.2 Å². The molecule has 1 heterocycles. The van der Waals surface area contributed by atoms with Gasteiger partial charge in [0.05, 0.1) is 0 Å². The summed E-state index contributed by atoms with van der Waals surface area (Å²) in [5.41, 5.74) is 5.44. The number of anilines is 1. The molecule has 0 saturated heterocycles. The van der Waals surface area contributed by atoms with E-state index in [1.807, 2.05) is 3.93 Å². The monoisotopic (exact) mass is 376 g/mol. The Bertz CT molecular complexity index is 608. The fourth-order valence-corrected chi connectivity index (χ4v) is 3.74. The van der Waals surface area contributed by atoms with Crippen LogP contribution >= 0.6 is 0 Å². The molecule has 0 saturated carbocycles. The Balaban J connectivity index is 2.86. The fraction of sp³-hybridized carbons (Fsp3) is 0.667. The average molecular weight is 376 g/mol. The van der Waals surface area contributed by atoms with Crippen LogP contribution in [-0.2, 0) is 16.2 Å². The van der Waals surface area contributed by atoms with E-state index in [9.17, 15) is 0 Å². The van der Waals surface area contributed by atoms with Crippen LogP contribution in [-0.4, -0.2) is 15.8 Å². The molecule has 0 aromatic heterocycles. The third-order valence-electron chi connectivity index (χ3n) is 4.08. The molecule has 0 N–H and O–H groups in total. The summed E-state index contributed by atoms with van der Waals surface area (Å²) in [7, 11) is 0. The van der Waals surface area contributed by atoms with Gasteiger partial charge in [-0.05, 0) is 0 Å². The van der Waals surface area contributed by atoms with Crippen molar-refractivity contribution in [3.8, 4) is 0 Å². The molecule has 0 spiro atoms. The first kappa shape index (κ1) is 18.3. The molecule has 0 aliphatic carbocycles. The van der Waals surface area contributed by atoms with Gasteiger partial charge in [0.2, 0.25) is 0 Å². The van der Waals surface area contributed by atoms with Crippen LogP contribution in [0.4, 0.5) is 5.69 Å². The Morgan fingerprint density at radius 3 is 1.57 bits per heavy atom. The second-order valence-corrected chi connectivity index (χ2v) is 10.9. The van der Waals surface area contributed by atoms with Gasteiger partial charge in [0.15, 0.2) is 0 Å². The zero-order valence-corrected chi connectivity index (χ0v) is 17.8. The molecule has 0 amide bonds. The minimum atomic E-state index is -0.392. The molecule has 1 aromatic rings. The first-order valence-corrected chi connectivity index (χ1v) is 9.81. The Hall–Kier alpha value is -1.02. The SMILES string of the molecule is CC(C)(C)c1cc(C(C)(C)C)c(N2N=NN=[As]2)c(C(C)(C)C)c1. The molecule has 1 aliphatic rings. The molecule has 5 heteroatoms. The molecule has 2 rings (SSSR count). The van der Waals surface area contributed by atoms with Gasteiger partial charge in [-0.15, -0.1) is 0 Å². The maximum absolute atomic E-state index is 4.28. The second-order valence-electron chi connectivity index (χ2n) is 9.32. The summed E-state index contributed by atoms with van der Waals surface area (Å²) in [6.45, 7) is 20.4. The van der Waals surface area contributed by atoms with Crippen molar-refractivity contribution in [1.29, 1.82) is 0 Å². The molecule has 1 aromatic carbocycles. The van der Waals surface area contributed by atoms with Crippen LogP contribution in [0.5, 0.6) is 0 Å². The van der Waals surface area contributed by atoms with Gasteiger partial charge < -0.3 is 0 Å². The maximum atomic E-state index is 4.28. The van der Waals surface area contributed by atoms with Crippen molar-refractivity contribution in [3.05, 3.63) is 28.8 Å². The van der Waals surface area contributed by atoms with Crippen LogP contribution < -0.4 is 3.93 Å². The van der Waals surface area contributed by atoms with Gasteiger partial charge in [0, 0.05) is 0 Å². The third-order valence-corrected chi connectivity index (χ3v) is 5.36. The number of nitrogens with zero attached hydrogens (tertiary/aromatic N) is 4. The van der Waals surface area contributed by atoms with E-state index in [1.54, 1.807) is 0 Å². The second kappa shape index (κ2) is 5.81. The Morgan fingerprint density at radius 2 is 1.26 bits per heavy atom. The standard InChI is InChI=1S/C18H29AsN4/c1-16(2,3)12-10-13(17(4,5)6)15(23-19-20-21-22-23)14(11-12)18(7,8)9/h10-11H,1-9H3. The number of hydrogen-bond acceptors (Lipinski definition) is 4. The normalized spacial score (nSPS) is 16.3. The van der Waals surface area contributed by atoms with E-state index < -0.39 is 15.8 Å². The van der Waals surface area contributed by atoms with Crippen molar-refractivity contribution in [2.45, 2.75) is 78.6 Å². The summed E-state index contributed by atoms with van der Waals surface area (Å²) < 4.78 is 6.17. The number of rotatable bonds is 1. The van der Waals surface area contributed by atoms with E-state index in [0.29, 0.717) is 0 Å². The molecular formula is C18H29AsN4. The van der Waals surface area contributed by atoms with E-state index in [4.69, 9.17) is 0 Å². The fourth-order valence-electron chi connectivity index (χ4n) is 2.65. The zero-order chi connectivity index (χ0) is 17.6. The van der Waals surface area contributed by atoms with E-state index in [1.165, 1.54) is 22.4 Å². The van der Waals surface area contributed by atoms with Crippen LogP contribution in [0.3, 0.4) is 0 Å². The first-order chi connectivity index (χ1) is 10.3. The van der Waals surface area contributed by atoms with Crippen LogP contribution in [0.2, 0.25) is 0 Å². The summed E-state index contributed by atoms with van der Waals surface area (Å²) in [5.74, 6) is 0. The summed E-state index contributed by atoms with van der Waals surface area (Å²) in [6.07, 6.45) is 0. The van der Waals surface area contributed by atoms with Crippen LogP contribution in [0, 0.1) is 0 Å². The molecule has 4 nitrogen and oxygen atoms in total. The molecule has 1 aliphatic heterocycles. The predicted octanol–water partition coefficient (Wildman–Crippen LogP) is 5.48. The Kier molecular flexibility index (Phi) is 4.62. The molecule has 126 valence electrons. The topological polar surface area (TPSA) is 40.3 Å². The van der Waals surface area contributed by atoms with Crippen LogP contribution in [0.1, 0.15) is 79.0 Å². The summed E-state index contributed by atoms with van der Waals surface area (Å²) in [4.78, 5) is 0. The van der Waals surface area contributed by atoms with E-state index in [0.717, 1.165) is 0 Å². The Labute approximate surface area is 147 Å². The van der Waals surface area contributed by atoms with Crippen molar-refractivity contribution >= 4 is 21.5 Å². The molecular weight excluding hydrogens is 347 g/mol. The molecule has 0 atom stereocenters. The predicted molar refractivity (Wildman–Crippen MR) is 98.1 cm³/mol. The minimum absolute atomic E-state index is 0.0375. The van der Waals surface area contributed by atoms with E-state index >= 15 is 0 Å². The molecule has 0 radical (unpaired) electrons. The van der Waals surface area contributed by atoms with Crippen LogP contribution in [0.15, 0.2) is 26.5 Å². The van der Waals surface area contributed by atoms with Crippen molar-refractivity contribution in [3.63, 3.8) is 0 Å². The quantitative estimate of drug-likeness (QED) is 0.598. The zero-order valence-electron chi connectivity index (χ0n) is 15.9. The van der Waals surface area contributed by atoms with Gasteiger partial charge in [-0.25, -0.2) is 0 Å². The van der Waals surface area contributed by atoms with Gasteiger partial charge in [0.1, 0.15) is 0 Å². The first-order valence-electron chi connectivity index (χ1n) is 8.13. The van der Waals surface area contributed by atoms with Crippen molar-refractivity contribution < 1.29 is 0 Å². The summed E-state index contributed by atoms with van der Waals surface area (Å²) in [6, 6.07) is 4.72.